The van der Waals surface area contributed by atoms with Crippen molar-refractivity contribution in [1.29, 1.82) is 0 Å². The van der Waals surface area contributed by atoms with E-state index in [2.05, 4.69) is 22.5 Å². The van der Waals surface area contributed by atoms with Crippen LogP contribution < -0.4 is 10.6 Å². The average Bonchev–Trinajstić information content (AvgIpc) is 3.34. The molecule has 2 N–H and O–H groups in total. The van der Waals surface area contributed by atoms with Gasteiger partial charge in [0.15, 0.2) is 5.96 Å². The fraction of sp³-hybridized carbons (Fsp3) is 0.650. The molecular formula is C20H32FIN4. The maximum Gasteiger partial charge on any atom is 0.191 e. The number of benzene rings is 1. The van der Waals surface area contributed by atoms with Crippen molar-refractivity contribution < 1.29 is 4.39 Å². The molecule has 2 fully saturated rings. The summed E-state index contributed by atoms with van der Waals surface area (Å²) in [7, 11) is 0. The molecular weight excluding hydrogens is 442 g/mol. The molecule has 0 radical (unpaired) electrons. The summed E-state index contributed by atoms with van der Waals surface area (Å²) in [5.41, 5.74) is 1.62. The Balaban J connectivity index is 0.00000243. The Hall–Kier alpha value is -0.890. The first-order valence-electron chi connectivity index (χ1n) is 9.61. The lowest BCUT2D eigenvalue weighted by atomic mass is 10.1. The molecule has 1 aliphatic carbocycles. The van der Waals surface area contributed by atoms with Crippen LogP contribution in [0.15, 0.2) is 23.2 Å². The third kappa shape index (κ3) is 5.81. The number of aryl methyl sites for hydroxylation is 1. The van der Waals surface area contributed by atoms with E-state index in [9.17, 15) is 4.39 Å². The first-order chi connectivity index (χ1) is 12.1. The summed E-state index contributed by atoms with van der Waals surface area (Å²) in [6.07, 6.45) is 4.01. The number of halogens is 2. The van der Waals surface area contributed by atoms with Crippen molar-refractivity contribution in [1.82, 2.24) is 15.5 Å². The molecule has 0 bridgehead atoms. The second kappa shape index (κ2) is 9.88. The Bertz CT molecular complexity index is 618. The number of hydrogen-bond acceptors (Lipinski definition) is 2. The monoisotopic (exact) mass is 474 g/mol. The Morgan fingerprint density at radius 1 is 1.35 bits per heavy atom. The molecule has 146 valence electrons. The van der Waals surface area contributed by atoms with Crippen LogP contribution in [0, 0.1) is 18.7 Å². The molecule has 1 aliphatic heterocycles. The normalized spacial score (nSPS) is 22.0. The van der Waals surface area contributed by atoms with Gasteiger partial charge in [0.25, 0.3) is 0 Å². The van der Waals surface area contributed by atoms with E-state index in [-0.39, 0.29) is 35.8 Å². The van der Waals surface area contributed by atoms with Crippen molar-refractivity contribution in [2.45, 2.75) is 52.1 Å². The van der Waals surface area contributed by atoms with Crippen LogP contribution in [-0.2, 0) is 0 Å². The van der Waals surface area contributed by atoms with E-state index < -0.39 is 0 Å². The highest BCUT2D eigenvalue weighted by atomic mass is 127. The van der Waals surface area contributed by atoms with Gasteiger partial charge in [0.05, 0.1) is 6.04 Å². The zero-order chi connectivity index (χ0) is 17.8. The van der Waals surface area contributed by atoms with Crippen LogP contribution >= 0.6 is 24.0 Å². The van der Waals surface area contributed by atoms with Crippen molar-refractivity contribution in [3.05, 3.63) is 35.1 Å². The van der Waals surface area contributed by atoms with Crippen molar-refractivity contribution >= 4 is 29.9 Å². The van der Waals surface area contributed by atoms with E-state index in [4.69, 9.17) is 4.99 Å². The molecule has 0 spiro atoms. The number of aliphatic imine (C=N–C) groups is 1. The van der Waals surface area contributed by atoms with Crippen LogP contribution in [0.3, 0.4) is 0 Å². The van der Waals surface area contributed by atoms with Gasteiger partial charge in [-0.2, -0.15) is 0 Å². The van der Waals surface area contributed by atoms with E-state index in [1.807, 2.05) is 19.1 Å². The molecule has 1 aromatic carbocycles. The van der Waals surface area contributed by atoms with Crippen molar-refractivity contribution in [2.75, 3.05) is 26.2 Å². The zero-order valence-corrected chi connectivity index (χ0v) is 18.4. The third-order valence-corrected chi connectivity index (χ3v) is 5.28. The van der Waals surface area contributed by atoms with Gasteiger partial charge < -0.3 is 15.5 Å². The number of hydrogen-bond donors (Lipinski definition) is 2. The predicted octanol–water partition coefficient (Wildman–Crippen LogP) is 3.85. The van der Waals surface area contributed by atoms with E-state index in [1.54, 1.807) is 13.0 Å². The number of rotatable bonds is 6. The van der Waals surface area contributed by atoms with Gasteiger partial charge in [-0.3, -0.25) is 4.99 Å². The van der Waals surface area contributed by atoms with Gasteiger partial charge in [0, 0.05) is 25.7 Å². The van der Waals surface area contributed by atoms with Crippen LogP contribution in [0.25, 0.3) is 0 Å². The maximum absolute atomic E-state index is 13.8. The summed E-state index contributed by atoms with van der Waals surface area (Å²) in [4.78, 5) is 7.41. The van der Waals surface area contributed by atoms with Crippen molar-refractivity contribution in [2.24, 2.45) is 10.9 Å². The fourth-order valence-corrected chi connectivity index (χ4v) is 3.49. The highest BCUT2D eigenvalue weighted by Crippen LogP contribution is 2.31. The largest absolute Gasteiger partial charge is 0.357 e. The van der Waals surface area contributed by atoms with Crippen molar-refractivity contribution in [3.8, 4) is 0 Å². The molecule has 0 amide bonds. The molecule has 0 aromatic heterocycles. The molecule has 2 aliphatic rings. The lowest BCUT2D eigenvalue weighted by molar-refractivity contribution is 0.315. The van der Waals surface area contributed by atoms with Gasteiger partial charge in [-0.1, -0.05) is 12.1 Å². The molecule has 4 nitrogen and oxygen atoms in total. The van der Waals surface area contributed by atoms with Crippen LogP contribution in [-0.4, -0.2) is 43.1 Å². The minimum absolute atomic E-state index is 0. The lowest BCUT2D eigenvalue weighted by Gasteiger charge is -2.19. The van der Waals surface area contributed by atoms with Gasteiger partial charge >= 0.3 is 0 Å². The zero-order valence-electron chi connectivity index (χ0n) is 16.1. The van der Waals surface area contributed by atoms with Crippen LogP contribution in [0.2, 0.25) is 0 Å². The lowest BCUT2D eigenvalue weighted by Crippen LogP contribution is -2.39. The molecule has 26 heavy (non-hydrogen) atoms. The summed E-state index contributed by atoms with van der Waals surface area (Å²) in [5, 5.41) is 6.72. The second-order valence-electron chi connectivity index (χ2n) is 7.48. The fourth-order valence-electron chi connectivity index (χ4n) is 3.49. The predicted molar refractivity (Wildman–Crippen MR) is 117 cm³/mol. The third-order valence-electron chi connectivity index (χ3n) is 5.28. The number of guanidine groups is 1. The maximum atomic E-state index is 13.8. The topological polar surface area (TPSA) is 39.7 Å². The summed E-state index contributed by atoms with van der Waals surface area (Å²) in [6, 6.07) is 6.29. The highest BCUT2D eigenvalue weighted by molar-refractivity contribution is 14.0. The summed E-state index contributed by atoms with van der Waals surface area (Å²) in [6.45, 7) is 9.99. The Morgan fingerprint density at radius 3 is 2.77 bits per heavy atom. The van der Waals surface area contributed by atoms with Gasteiger partial charge in [-0.15, -0.1) is 24.0 Å². The van der Waals surface area contributed by atoms with Crippen LogP contribution in [0.5, 0.6) is 0 Å². The molecule has 6 heteroatoms. The molecule has 1 aromatic rings. The second-order valence-corrected chi connectivity index (χ2v) is 7.48. The summed E-state index contributed by atoms with van der Waals surface area (Å²) < 4.78 is 13.8. The quantitative estimate of drug-likeness (QED) is 0.374. The molecule has 1 saturated heterocycles. The van der Waals surface area contributed by atoms with Gasteiger partial charge in [-0.25, -0.2) is 4.39 Å². The minimum atomic E-state index is -0.154. The first-order valence-corrected chi connectivity index (χ1v) is 9.61. The molecule has 2 atom stereocenters. The molecule has 3 rings (SSSR count). The first kappa shape index (κ1) is 21.4. The van der Waals surface area contributed by atoms with Crippen LogP contribution in [0.1, 0.15) is 50.3 Å². The molecule has 2 unspecified atom stereocenters. The van der Waals surface area contributed by atoms with E-state index >= 15 is 0 Å². The average molecular weight is 474 g/mol. The van der Waals surface area contributed by atoms with Crippen molar-refractivity contribution in [3.63, 3.8) is 0 Å². The standard InChI is InChI=1S/C20H31FN4.HI/c1-4-22-20(23-12-16-9-10-25(13-16)18-7-8-18)24-15(3)17-6-5-14(2)19(21)11-17;/h5-6,11,15-16,18H,4,7-10,12-13H2,1-3H3,(H2,22,23,24);1H. The highest BCUT2D eigenvalue weighted by Gasteiger charge is 2.34. The van der Waals surface area contributed by atoms with Crippen LogP contribution in [0.4, 0.5) is 4.39 Å². The Labute approximate surface area is 174 Å². The molecule has 1 saturated carbocycles. The summed E-state index contributed by atoms with van der Waals surface area (Å²) in [5.74, 6) is 1.32. The number of likely N-dealkylation sites (tertiary alicyclic amines) is 1. The summed E-state index contributed by atoms with van der Waals surface area (Å²) >= 11 is 0. The minimum Gasteiger partial charge on any atom is -0.357 e. The van der Waals surface area contributed by atoms with E-state index in [0.29, 0.717) is 11.5 Å². The SMILES string of the molecule is CCNC(=NCC1CCN(C2CC2)C1)NC(C)c1ccc(C)c(F)c1.I. The van der Waals surface area contributed by atoms with Gasteiger partial charge in [0.2, 0.25) is 0 Å². The number of nitrogens with one attached hydrogen (secondary N) is 2. The van der Waals surface area contributed by atoms with Gasteiger partial charge in [0.1, 0.15) is 5.82 Å². The molecule has 1 heterocycles. The van der Waals surface area contributed by atoms with E-state index in [0.717, 1.165) is 30.7 Å². The van der Waals surface area contributed by atoms with E-state index in [1.165, 1.54) is 32.4 Å². The Kier molecular flexibility index (Phi) is 8.13. The van der Waals surface area contributed by atoms with Gasteiger partial charge in [-0.05, 0) is 69.7 Å². The number of nitrogens with zero attached hydrogens (tertiary/aromatic N) is 2. The Morgan fingerprint density at radius 2 is 2.12 bits per heavy atom. The smallest absolute Gasteiger partial charge is 0.191 e.